The molecule has 0 radical (unpaired) electrons. The molecule has 0 spiro atoms. The summed E-state index contributed by atoms with van der Waals surface area (Å²) in [5.41, 5.74) is 3.30. The average Bonchev–Trinajstić information content (AvgIpc) is 3.01. The van der Waals surface area contributed by atoms with Gasteiger partial charge in [-0.2, -0.15) is 5.10 Å². The Morgan fingerprint density at radius 2 is 2.20 bits per heavy atom. The second-order valence-corrected chi connectivity index (χ2v) is 5.38. The number of aromatic nitrogens is 4. The van der Waals surface area contributed by atoms with E-state index < -0.39 is 0 Å². The Labute approximate surface area is 126 Å². The molecule has 104 valence electrons. The molecule has 0 unspecified atom stereocenters. The number of fused-ring (bicyclic) bond motifs is 1. The zero-order valence-corrected chi connectivity index (χ0v) is 13.1. The maximum Gasteiger partial charge on any atom is 0.152 e. The van der Waals surface area contributed by atoms with Gasteiger partial charge in [0.15, 0.2) is 5.82 Å². The van der Waals surface area contributed by atoms with Crippen LogP contribution in [0.4, 0.5) is 5.82 Å². The Kier molecular flexibility index (Phi) is 3.48. The van der Waals surface area contributed by atoms with Crippen LogP contribution >= 0.6 is 15.9 Å². The zero-order valence-electron chi connectivity index (χ0n) is 11.5. The van der Waals surface area contributed by atoms with Crippen molar-refractivity contribution in [2.24, 2.45) is 7.05 Å². The van der Waals surface area contributed by atoms with Crippen molar-refractivity contribution in [3.05, 3.63) is 48.0 Å². The first-order valence-corrected chi connectivity index (χ1v) is 7.52. The summed E-state index contributed by atoms with van der Waals surface area (Å²) in [6, 6.07) is 6.05. The molecule has 5 nitrogen and oxygen atoms in total. The van der Waals surface area contributed by atoms with E-state index in [9.17, 15) is 0 Å². The monoisotopic (exact) mass is 333 g/mol. The molecule has 3 aromatic heterocycles. The summed E-state index contributed by atoms with van der Waals surface area (Å²) in [6.07, 6.45) is 5.96. The summed E-state index contributed by atoms with van der Waals surface area (Å²) >= 11 is 3.56. The number of alkyl halides is 1. The van der Waals surface area contributed by atoms with E-state index in [1.165, 1.54) is 5.56 Å². The first-order chi connectivity index (χ1) is 9.69. The number of hydrogen-bond donors (Lipinski definition) is 0. The summed E-state index contributed by atoms with van der Waals surface area (Å²) in [4.78, 5) is 6.87. The van der Waals surface area contributed by atoms with Crippen LogP contribution in [0.15, 0.2) is 36.8 Å². The van der Waals surface area contributed by atoms with Gasteiger partial charge < -0.3 is 9.30 Å². The number of imidazole rings is 1. The smallest absolute Gasteiger partial charge is 0.152 e. The van der Waals surface area contributed by atoms with E-state index in [1.807, 2.05) is 48.5 Å². The normalized spacial score (nSPS) is 11.2. The van der Waals surface area contributed by atoms with Crippen LogP contribution in [0, 0.1) is 0 Å². The first-order valence-electron chi connectivity index (χ1n) is 6.39. The lowest BCUT2D eigenvalue weighted by Crippen LogP contribution is -2.17. The maximum atomic E-state index is 4.72. The van der Waals surface area contributed by atoms with E-state index in [2.05, 4.69) is 37.4 Å². The van der Waals surface area contributed by atoms with Gasteiger partial charge in [0, 0.05) is 43.9 Å². The minimum absolute atomic E-state index is 0.769. The van der Waals surface area contributed by atoms with E-state index in [4.69, 9.17) is 4.98 Å². The number of halogens is 1. The van der Waals surface area contributed by atoms with Gasteiger partial charge in [0.25, 0.3) is 0 Å². The van der Waals surface area contributed by atoms with Crippen molar-refractivity contribution in [3.8, 4) is 0 Å². The lowest BCUT2D eigenvalue weighted by atomic mass is 10.3. The predicted octanol–water partition coefficient (Wildman–Crippen LogP) is 2.60. The number of nitrogens with zero attached hydrogens (tertiary/aromatic N) is 5. The number of anilines is 1. The standard InChI is InChI=1S/C14H16BrN5/c1-18(9-11-8-16-19(2)10-11)14-12(7-15)20-6-4-3-5-13(20)17-14/h3-6,8,10H,7,9H2,1-2H3. The summed E-state index contributed by atoms with van der Waals surface area (Å²) in [5, 5.41) is 4.97. The van der Waals surface area contributed by atoms with Crippen molar-refractivity contribution < 1.29 is 0 Å². The largest absolute Gasteiger partial charge is 0.354 e. The molecule has 3 aromatic rings. The van der Waals surface area contributed by atoms with Gasteiger partial charge in [-0.1, -0.05) is 22.0 Å². The molecule has 0 saturated carbocycles. The average molecular weight is 334 g/mol. The molecule has 0 amide bonds. The highest BCUT2D eigenvalue weighted by atomic mass is 79.9. The van der Waals surface area contributed by atoms with E-state index in [0.717, 1.165) is 29.0 Å². The molecule has 0 aromatic carbocycles. The molecule has 0 N–H and O–H groups in total. The maximum absolute atomic E-state index is 4.72. The second kappa shape index (κ2) is 5.28. The van der Waals surface area contributed by atoms with E-state index in [0.29, 0.717) is 0 Å². The fraction of sp³-hybridized carbons (Fsp3) is 0.286. The quantitative estimate of drug-likeness (QED) is 0.689. The van der Waals surface area contributed by atoms with E-state index in [1.54, 1.807) is 0 Å². The van der Waals surface area contributed by atoms with Gasteiger partial charge in [-0.05, 0) is 12.1 Å². The number of hydrogen-bond acceptors (Lipinski definition) is 3. The van der Waals surface area contributed by atoms with Crippen LogP contribution in [0.2, 0.25) is 0 Å². The van der Waals surface area contributed by atoms with Gasteiger partial charge in [0.1, 0.15) is 5.65 Å². The second-order valence-electron chi connectivity index (χ2n) is 4.82. The van der Waals surface area contributed by atoms with Crippen LogP contribution in [0.3, 0.4) is 0 Å². The molecule has 20 heavy (non-hydrogen) atoms. The topological polar surface area (TPSA) is 38.4 Å². The van der Waals surface area contributed by atoms with Crippen LogP contribution in [0.5, 0.6) is 0 Å². The van der Waals surface area contributed by atoms with Crippen molar-refractivity contribution in [1.82, 2.24) is 19.2 Å². The van der Waals surface area contributed by atoms with Crippen LogP contribution in [-0.4, -0.2) is 26.2 Å². The van der Waals surface area contributed by atoms with Gasteiger partial charge in [-0.15, -0.1) is 0 Å². The third-order valence-corrected chi connectivity index (χ3v) is 3.81. The summed E-state index contributed by atoms with van der Waals surface area (Å²) in [5.74, 6) is 0.997. The Balaban J connectivity index is 1.96. The highest BCUT2D eigenvalue weighted by Crippen LogP contribution is 2.24. The fourth-order valence-electron chi connectivity index (χ4n) is 2.37. The van der Waals surface area contributed by atoms with Gasteiger partial charge >= 0.3 is 0 Å². The third kappa shape index (κ3) is 2.31. The highest BCUT2D eigenvalue weighted by Gasteiger charge is 2.15. The van der Waals surface area contributed by atoms with E-state index >= 15 is 0 Å². The molecule has 0 saturated heterocycles. The minimum Gasteiger partial charge on any atom is -0.354 e. The molecule has 0 aliphatic rings. The van der Waals surface area contributed by atoms with Crippen LogP contribution in [0.25, 0.3) is 5.65 Å². The molecular formula is C14H16BrN5. The van der Waals surface area contributed by atoms with Crippen molar-refractivity contribution in [3.63, 3.8) is 0 Å². The zero-order chi connectivity index (χ0) is 14.1. The molecule has 0 aliphatic heterocycles. The van der Waals surface area contributed by atoms with Crippen molar-refractivity contribution in [2.45, 2.75) is 11.9 Å². The Morgan fingerprint density at radius 3 is 2.90 bits per heavy atom. The Morgan fingerprint density at radius 1 is 1.35 bits per heavy atom. The molecule has 0 atom stereocenters. The van der Waals surface area contributed by atoms with Gasteiger partial charge in [-0.25, -0.2) is 4.98 Å². The summed E-state index contributed by atoms with van der Waals surface area (Å²) in [6.45, 7) is 0.789. The fourth-order valence-corrected chi connectivity index (χ4v) is 2.89. The lowest BCUT2D eigenvalue weighted by molar-refractivity contribution is 0.766. The molecule has 3 rings (SSSR count). The van der Waals surface area contributed by atoms with Gasteiger partial charge in [0.05, 0.1) is 11.9 Å². The SMILES string of the molecule is CN(Cc1cnn(C)c1)c1nc2ccccn2c1CBr. The molecule has 3 heterocycles. The molecule has 0 fully saturated rings. The lowest BCUT2D eigenvalue weighted by Gasteiger charge is -2.16. The number of rotatable bonds is 4. The predicted molar refractivity (Wildman–Crippen MR) is 83.1 cm³/mol. The molecule has 6 heteroatoms. The highest BCUT2D eigenvalue weighted by molar-refractivity contribution is 9.08. The number of aryl methyl sites for hydroxylation is 1. The molecule has 0 bridgehead atoms. The molecule has 0 aliphatic carbocycles. The minimum atomic E-state index is 0.769. The van der Waals surface area contributed by atoms with Crippen molar-refractivity contribution in [2.75, 3.05) is 11.9 Å². The van der Waals surface area contributed by atoms with Crippen molar-refractivity contribution >= 4 is 27.4 Å². The Hall–Kier alpha value is -1.82. The van der Waals surface area contributed by atoms with Crippen molar-refractivity contribution in [1.29, 1.82) is 0 Å². The summed E-state index contributed by atoms with van der Waals surface area (Å²) in [7, 11) is 3.99. The summed E-state index contributed by atoms with van der Waals surface area (Å²) < 4.78 is 3.93. The molecular weight excluding hydrogens is 318 g/mol. The third-order valence-electron chi connectivity index (χ3n) is 3.27. The number of pyridine rings is 1. The van der Waals surface area contributed by atoms with Gasteiger partial charge in [-0.3, -0.25) is 4.68 Å². The van der Waals surface area contributed by atoms with Crippen LogP contribution in [-0.2, 0) is 18.9 Å². The van der Waals surface area contributed by atoms with Gasteiger partial charge in [0.2, 0.25) is 0 Å². The Bertz CT molecular complexity index is 730. The van der Waals surface area contributed by atoms with Crippen LogP contribution < -0.4 is 4.90 Å². The van der Waals surface area contributed by atoms with Crippen LogP contribution in [0.1, 0.15) is 11.3 Å². The first kappa shape index (κ1) is 13.2. The van der Waals surface area contributed by atoms with E-state index in [-0.39, 0.29) is 0 Å².